The second-order valence-electron chi connectivity index (χ2n) is 2.13. The highest BCUT2D eigenvalue weighted by molar-refractivity contribution is 4.94. The van der Waals surface area contributed by atoms with Gasteiger partial charge >= 0.3 is 0 Å². The third-order valence-electron chi connectivity index (χ3n) is 1.16. The molecule has 0 fully saturated rings. The van der Waals surface area contributed by atoms with Crippen molar-refractivity contribution >= 4 is 0 Å². The van der Waals surface area contributed by atoms with E-state index in [9.17, 15) is 0 Å². The number of hydrogen-bond donors (Lipinski definition) is 1. The van der Waals surface area contributed by atoms with Crippen molar-refractivity contribution in [1.29, 1.82) is 0 Å². The quantitative estimate of drug-likeness (QED) is 0.641. The summed E-state index contributed by atoms with van der Waals surface area (Å²) in [6, 6.07) is 1.91. The van der Waals surface area contributed by atoms with Gasteiger partial charge in [0.05, 0.1) is 12.3 Å². The average molecular weight is 140 g/mol. The summed E-state index contributed by atoms with van der Waals surface area (Å²) in [6.45, 7) is 3.56. The number of nitrogens with zero attached hydrogens (tertiary/aromatic N) is 1. The van der Waals surface area contributed by atoms with E-state index in [4.69, 9.17) is 4.74 Å². The van der Waals surface area contributed by atoms with Crippen LogP contribution in [0.5, 0.6) is 0 Å². The van der Waals surface area contributed by atoms with Crippen LogP contribution in [0.25, 0.3) is 0 Å². The van der Waals surface area contributed by atoms with Gasteiger partial charge in [-0.1, -0.05) is 6.92 Å². The summed E-state index contributed by atoms with van der Waals surface area (Å²) in [6.07, 6.45) is 2.79. The topological polar surface area (TPSA) is 37.9 Å². The molecule has 3 heteroatoms. The van der Waals surface area contributed by atoms with Crippen LogP contribution in [0.4, 0.5) is 0 Å². The number of aromatic amines is 1. The van der Waals surface area contributed by atoms with Gasteiger partial charge in [-0.15, -0.1) is 0 Å². The average Bonchev–Trinajstić information content (AvgIpc) is 2.41. The van der Waals surface area contributed by atoms with Crippen LogP contribution >= 0.6 is 0 Å². The summed E-state index contributed by atoms with van der Waals surface area (Å²) in [5, 5.41) is 6.62. The molecule has 1 heterocycles. The number of hydrogen-bond acceptors (Lipinski definition) is 2. The zero-order chi connectivity index (χ0) is 7.23. The zero-order valence-corrected chi connectivity index (χ0v) is 6.13. The lowest BCUT2D eigenvalue weighted by atomic mass is 10.4. The molecule has 0 atom stereocenters. The van der Waals surface area contributed by atoms with Gasteiger partial charge in [0.1, 0.15) is 0 Å². The fourth-order valence-electron chi connectivity index (χ4n) is 0.692. The monoisotopic (exact) mass is 140 g/mol. The molecule has 10 heavy (non-hydrogen) atoms. The summed E-state index contributed by atoms with van der Waals surface area (Å²) in [5.41, 5.74) is 1.04. The lowest BCUT2D eigenvalue weighted by Crippen LogP contribution is -1.93. The van der Waals surface area contributed by atoms with Crippen molar-refractivity contribution in [2.45, 2.75) is 20.0 Å². The second kappa shape index (κ2) is 4.06. The Kier molecular flexibility index (Phi) is 2.96. The molecule has 1 aromatic rings. The van der Waals surface area contributed by atoms with Crippen LogP contribution in [0.1, 0.15) is 19.0 Å². The summed E-state index contributed by atoms with van der Waals surface area (Å²) in [4.78, 5) is 0. The van der Waals surface area contributed by atoms with Gasteiger partial charge in [-0.3, -0.25) is 5.10 Å². The van der Waals surface area contributed by atoms with E-state index in [0.717, 1.165) is 18.7 Å². The van der Waals surface area contributed by atoms with Crippen LogP contribution in [-0.4, -0.2) is 16.8 Å². The van der Waals surface area contributed by atoms with Crippen molar-refractivity contribution in [3.05, 3.63) is 18.0 Å². The Morgan fingerprint density at radius 3 is 3.20 bits per heavy atom. The lowest BCUT2D eigenvalue weighted by molar-refractivity contribution is 0.119. The molecule has 0 aliphatic heterocycles. The number of nitrogens with one attached hydrogen (secondary N) is 1. The maximum atomic E-state index is 5.26. The third-order valence-corrected chi connectivity index (χ3v) is 1.16. The predicted octanol–water partition coefficient (Wildman–Crippen LogP) is 1.34. The Bertz CT molecular complexity index is 160. The Morgan fingerprint density at radius 1 is 1.70 bits per heavy atom. The fourth-order valence-corrected chi connectivity index (χ4v) is 0.692. The molecule has 0 amide bonds. The molecular weight excluding hydrogens is 128 g/mol. The molecule has 0 aromatic carbocycles. The molecule has 1 rings (SSSR count). The molecule has 0 saturated heterocycles. The molecule has 0 aliphatic rings. The predicted molar refractivity (Wildman–Crippen MR) is 38.5 cm³/mol. The van der Waals surface area contributed by atoms with E-state index in [2.05, 4.69) is 17.1 Å². The Morgan fingerprint density at radius 2 is 2.60 bits per heavy atom. The second-order valence-corrected chi connectivity index (χ2v) is 2.13. The normalized spacial score (nSPS) is 10.1. The molecule has 0 unspecified atom stereocenters. The Hall–Kier alpha value is -0.830. The Balaban J connectivity index is 2.15. The first-order valence-corrected chi connectivity index (χ1v) is 3.49. The standard InChI is InChI=1S/C7H12N2O/c1-2-5-10-6-7-3-4-8-9-7/h3-4H,2,5-6H2,1H3,(H,8,9). The molecule has 0 saturated carbocycles. The number of ether oxygens (including phenoxy) is 1. The van der Waals surface area contributed by atoms with Crippen LogP contribution in [0.15, 0.2) is 12.3 Å². The third kappa shape index (κ3) is 2.19. The number of H-pyrrole nitrogens is 1. The number of aromatic nitrogens is 2. The molecule has 56 valence electrons. The highest BCUT2D eigenvalue weighted by Crippen LogP contribution is 1.94. The van der Waals surface area contributed by atoms with Gasteiger partial charge < -0.3 is 4.74 Å². The molecule has 0 bridgehead atoms. The van der Waals surface area contributed by atoms with Gasteiger partial charge in [0.15, 0.2) is 0 Å². The van der Waals surface area contributed by atoms with E-state index in [1.807, 2.05) is 6.07 Å². The lowest BCUT2D eigenvalue weighted by Gasteiger charge is -1.97. The highest BCUT2D eigenvalue weighted by atomic mass is 16.5. The maximum Gasteiger partial charge on any atom is 0.0882 e. The summed E-state index contributed by atoms with van der Waals surface area (Å²) in [7, 11) is 0. The van der Waals surface area contributed by atoms with Gasteiger partial charge in [-0.25, -0.2) is 0 Å². The van der Waals surface area contributed by atoms with E-state index in [0.29, 0.717) is 6.61 Å². The maximum absolute atomic E-state index is 5.26. The highest BCUT2D eigenvalue weighted by Gasteiger charge is 1.90. The number of rotatable bonds is 4. The minimum Gasteiger partial charge on any atom is -0.375 e. The Labute approximate surface area is 60.4 Å². The van der Waals surface area contributed by atoms with Crippen molar-refractivity contribution in [2.75, 3.05) is 6.61 Å². The van der Waals surface area contributed by atoms with Crippen molar-refractivity contribution in [1.82, 2.24) is 10.2 Å². The van der Waals surface area contributed by atoms with E-state index in [1.54, 1.807) is 6.20 Å². The van der Waals surface area contributed by atoms with E-state index in [1.165, 1.54) is 0 Å². The van der Waals surface area contributed by atoms with Crippen molar-refractivity contribution < 1.29 is 4.74 Å². The van der Waals surface area contributed by atoms with Crippen LogP contribution in [0.3, 0.4) is 0 Å². The summed E-state index contributed by atoms with van der Waals surface area (Å²) >= 11 is 0. The first-order chi connectivity index (χ1) is 4.93. The molecule has 0 radical (unpaired) electrons. The SMILES string of the molecule is CCCOCc1ccn[nH]1. The molecule has 0 spiro atoms. The van der Waals surface area contributed by atoms with E-state index < -0.39 is 0 Å². The smallest absolute Gasteiger partial charge is 0.0882 e. The van der Waals surface area contributed by atoms with Crippen molar-refractivity contribution in [2.24, 2.45) is 0 Å². The van der Waals surface area contributed by atoms with Gasteiger partial charge in [0.2, 0.25) is 0 Å². The first-order valence-electron chi connectivity index (χ1n) is 3.49. The summed E-state index contributed by atoms with van der Waals surface area (Å²) < 4.78 is 5.26. The van der Waals surface area contributed by atoms with Crippen LogP contribution < -0.4 is 0 Å². The van der Waals surface area contributed by atoms with E-state index >= 15 is 0 Å². The van der Waals surface area contributed by atoms with Crippen LogP contribution in [0.2, 0.25) is 0 Å². The van der Waals surface area contributed by atoms with Gasteiger partial charge in [0, 0.05) is 12.8 Å². The van der Waals surface area contributed by atoms with E-state index in [-0.39, 0.29) is 0 Å². The molecule has 3 nitrogen and oxygen atoms in total. The van der Waals surface area contributed by atoms with Gasteiger partial charge in [-0.2, -0.15) is 5.10 Å². The van der Waals surface area contributed by atoms with Crippen LogP contribution in [0, 0.1) is 0 Å². The molecule has 1 aromatic heterocycles. The van der Waals surface area contributed by atoms with Gasteiger partial charge in [-0.05, 0) is 12.5 Å². The molecular formula is C7H12N2O. The van der Waals surface area contributed by atoms with Crippen molar-refractivity contribution in [3.63, 3.8) is 0 Å². The zero-order valence-electron chi connectivity index (χ0n) is 6.13. The minimum atomic E-state index is 0.647. The van der Waals surface area contributed by atoms with Crippen LogP contribution in [-0.2, 0) is 11.3 Å². The molecule has 1 N–H and O–H groups in total. The summed E-state index contributed by atoms with van der Waals surface area (Å²) in [5.74, 6) is 0. The fraction of sp³-hybridized carbons (Fsp3) is 0.571. The first kappa shape index (κ1) is 7.28. The van der Waals surface area contributed by atoms with Crippen molar-refractivity contribution in [3.8, 4) is 0 Å². The largest absolute Gasteiger partial charge is 0.375 e. The van der Waals surface area contributed by atoms with Gasteiger partial charge in [0.25, 0.3) is 0 Å². The molecule has 0 aliphatic carbocycles. The minimum absolute atomic E-state index is 0.647.